The number of benzene rings is 3. The number of phenolic OH excluding ortho intramolecular Hbond substituents is 2. The molecule has 1 heterocycles. The van der Waals surface area contributed by atoms with E-state index < -0.39 is 10.0 Å². The quantitative estimate of drug-likeness (QED) is 0.312. The third kappa shape index (κ3) is 4.58. The lowest BCUT2D eigenvalue weighted by molar-refractivity contribution is -0.126. The van der Waals surface area contributed by atoms with Gasteiger partial charge in [0.15, 0.2) is 11.5 Å². The molecule has 1 amide bonds. The first-order valence-electron chi connectivity index (χ1n) is 10.2. The van der Waals surface area contributed by atoms with Gasteiger partial charge in [0.2, 0.25) is 15.9 Å². The van der Waals surface area contributed by atoms with Gasteiger partial charge >= 0.3 is 0 Å². The van der Waals surface area contributed by atoms with Crippen molar-refractivity contribution in [1.29, 1.82) is 0 Å². The first-order chi connectivity index (χ1) is 15.3. The number of hydrazone groups is 1. The van der Waals surface area contributed by atoms with E-state index in [9.17, 15) is 23.4 Å². The molecule has 0 aromatic heterocycles. The highest BCUT2D eigenvalue weighted by Gasteiger charge is 2.32. The SMILES string of the molecule is O=C(NN=Cc1ccc(O)c(O)c1)C1CCN(S(=O)(=O)c2ccc3ccccc3c2)CC1. The molecule has 166 valence electrons. The number of aromatic hydroxyl groups is 2. The number of carbonyl (C=O) groups is 1. The molecule has 3 N–H and O–H groups in total. The maximum atomic E-state index is 13.1. The van der Waals surface area contributed by atoms with Crippen LogP contribution in [0.1, 0.15) is 18.4 Å². The smallest absolute Gasteiger partial charge is 0.243 e. The molecule has 1 aliphatic rings. The standard InChI is InChI=1S/C23H23N3O5S/c27-21-8-5-16(13-22(21)28)15-24-25-23(29)18-9-11-26(12-10-18)32(30,31)20-7-6-17-3-1-2-4-19(17)14-20/h1-8,13-15,18,27-28H,9-12H2,(H,25,29). The van der Waals surface area contributed by atoms with Crippen molar-refractivity contribution in [2.45, 2.75) is 17.7 Å². The van der Waals surface area contributed by atoms with Gasteiger partial charge in [0.1, 0.15) is 0 Å². The summed E-state index contributed by atoms with van der Waals surface area (Å²) < 4.78 is 27.5. The van der Waals surface area contributed by atoms with Gasteiger partial charge in [0.25, 0.3) is 0 Å². The maximum Gasteiger partial charge on any atom is 0.243 e. The Morgan fingerprint density at radius 3 is 2.41 bits per heavy atom. The molecular formula is C23H23N3O5S. The van der Waals surface area contributed by atoms with Crippen LogP contribution >= 0.6 is 0 Å². The van der Waals surface area contributed by atoms with Crippen LogP contribution in [0.25, 0.3) is 10.8 Å². The van der Waals surface area contributed by atoms with Crippen LogP contribution in [0.15, 0.2) is 70.7 Å². The number of hydrogen-bond acceptors (Lipinski definition) is 6. The van der Waals surface area contributed by atoms with E-state index in [0.717, 1.165) is 10.8 Å². The van der Waals surface area contributed by atoms with Crippen LogP contribution in [0, 0.1) is 5.92 Å². The molecule has 0 atom stereocenters. The zero-order valence-corrected chi connectivity index (χ0v) is 18.0. The topological polar surface area (TPSA) is 119 Å². The molecule has 32 heavy (non-hydrogen) atoms. The second-order valence-electron chi connectivity index (χ2n) is 7.67. The largest absolute Gasteiger partial charge is 0.504 e. The van der Waals surface area contributed by atoms with Gasteiger partial charge < -0.3 is 10.2 Å². The molecule has 0 spiro atoms. The van der Waals surface area contributed by atoms with Crippen molar-refractivity contribution in [2.24, 2.45) is 11.0 Å². The summed E-state index contributed by atoms with van der Waals surface area (Å²) in [6, 6.07) is 16.9. The van der Waals surface area contributed by atoms with E-state index in [-0.39, 0.29) is 41.3 Å². The molecule has 3 aromatic rings. The van der Waals surface area contributed by atoms with Crippen molar-refractivity contribution in [3.05, 3.63) is 66.2 Å². The lowest BCUT2D eigenvalue weighted by Gasteiger charge is -2.30. The van der Waals surface area contributed by atoms with Crippen molar-refractivity contribution in [3.8, 4) is 11.5 Å². The van der Waals surface area contributed by atoms with E-state index in [4.69, 9.17) is 0 Å². The van der Waals surface area contributed by atoms with Gasteiger partial charge in [-0.25, -0.2) is 13.8 Å². The van der Waals surface area contributed by atoms with Crippen LogP contribution < -0.4 is 5.43 Å². The van der Waals surface area contributed by atoms with E-state index in [2.05, 4.69) is 10.5 Å². The normalized spacial score (nSPS) is 15.9. The van der Waals surface area contributed by atoms with Crippen LogP contribution in [0.2, 0.25) is 0 Å². The zero-order valence-electron chi connectivity index (χ0n) is 17.2. The number of sulfonamides is 1. The van der Waals surface area contributed by atoms with Crippen LogP contribution in [0.5, 0.6) is 11.5 Å². The lowest BCUT2D eigenvalue weighted by atomic mass is 9.98. The maximum absolute atomic E-state index is 13.1. The average molecular weight is 454 g/mol. The van der Waals surface area contributed by atoms with Crippen molar-refractivity contribution in [1.82, 2.24) is 9.73 Å². The summed E-state index contributed by atoms with van der Waals surface area (Å²) in [7, 11) is -3.64. The van der Waals surface area contributed by atoms with Crippen molar-refractivity contribution in [3.63, 3.8) is 0 Å². The number of amides is 1. The molecule has 0 bridgehead atoms. The Bertz CT molecular complexity index is 1280. The van der Waals surface area contributed by atoms with Gasteiger partial charge in [-0.15, -0.1) is 0 Å². The Kier molecular flexibility index (Phi) is 6.11. The second-order valence-corrected chi connectivity index (χ2v) is 9.61. The Hall–Kier alpha value is -3.43. The zero-order chi connectivity index (χ0) is 22.7. The van der Waals surface area contributed by atoms with Gasteiger partial charge in [-0.1, -0.05) is 30.3 Å². The van der Waals surface area contributed by atoms with Crippen LogP contribution in [0.4, 0.5) is 0 Å². The minimum absolute atomic E-state index is 0.239. The second kappa shape index (κ2) is 8.97. The number of piperidine rings is 1. The highest BCUT2D eigenvalue weighted by atomic mass is 32.2. The molecule has 1 fully saturated rings. The third-order valence-electron chi connectivity index (χ3n) is 5.57. The van der Waals surface area contributed by atoms with E-state index in [1.54, 1.807) is 24.3 Å². The summed E-state index contributed by atoms with van der Waals surface area (Å²) in [6.07, 6.45) is 2.15. The predicted octanol–water partition coefficient (Wildman–Crippen LogP) is 2.80. The lowest BCUT2D eigenvalue weighted by Crippen LogP contribution is -2.42. The third-order valence-corrected chi connectivity index (χ3v) is 7.47. The molecular weight excluding hydrogens is 430 g/mol. The number of nitrogens with one attached hydrogen (secondary N) is 1. The van der Waals surface area contributed by atoms with Crippen LogP contribution in [-0.2, 0) is 14.8 Å². The molecule has 8 nitrogen and oxygen atoms in total. The number of nitrogens with zero attached hydrogens (tertiary/aromatic N) is 2. The molecule has 1 aliphatic heterocycles. The van der Waals surface area contributed by atoms with Gasteiger partial charge in [-0.2, -0.15) is 9.41 Å². The Morgan fingerprint density at radius 2 is 1.69 bits per heavy atom. The van der Waals surface area contributed by atoms with Crippen LogP contribution in [0.3, 0.4) is 0 Å². The van der Waals surface area contributed by atoms with Crippen LogP contribution in [-0.4, -0.2) is 48.1 Å². The number of phenols is 2. The van der Waals surface area contributed by atoms with Crippen molar-refractivity contribution in [2.75, 3.05) is 13.1 Å². The number of carbonyl (C=O) groups excluding carboxylic acids is 1. The molecule has 0 aliphatic carbocycles. The Balaban J connectivity index is 1.35. The van der Waals surface area contributed by atoms with Gasteiger partial charge in [-0.3, -0.25) is 4.79 Å². The highest BCUT2D eigenvalue weighted by molar-refractivity contribution is 7.89. The predicted molar refractivity (Wildman–Crippen MR) is 121 cm³/mol. The average Bonchev–Trinajstić information content (AvgIpc) is 2.81. The monoisotopic (exact) mass is 453 g/mol. The Morgan fingerprint density at radius 1 is 0.969 bits per heavy atom. The molecule has 4 rings (SSSR count). The summed E-state index contributed by atoms with van der Waals surface area (Å²) >= 11 is 0. The summed E-state index contributed by atoms with van der Waals surface area (Å²) in [5, 5.41) is 24.5. The summed E-state index contributed by atoms with van der Waals surface area (Å²) in [5.74, 6) is -1.15. The number of rotatable bonds is 5. The van der Waals surface area contributed by atoms with Crippen molar-refractivity contribution < 1.29 is 23.4 Å². The fourth-order valence-corrected chi connectivity index (χ4v) is 5.22. The van der Waals surface area contributed by atoms with E-state index in [0.29, 0.717) is 18.4 Å². The van der Waals surface area contributed by atoms with Gasteiger partial charge in [-0.05, 0) is 59.5 Å². The first kappa shape index (κ1) is 21.8. The molecule has 0 radical (unpaired) electrons. The molecule has 1 saturated heterocycles. The van der Waals surface area contributed by atoms with Gasteiger partial charge in [0.05, 0.1) is 11.1 Å². The van der Waals surface area contributed by atoms with Crippen molar-refractivity contribution >= 4 is 32.9 Å². The molecule has 0 unspecified atom stereocenters. The fraction of sp³-hybridized carbons (Fsp3) is 0.217. The van der Waals surface area contributed by atoms with E-state index in [1.807, 2.05) is 24.3 Å². The molecule has 3 aromatic carbocycles. The number of hydrogen-bond donors (Lipinski definition) is 3. The summed E-state index contributed by atoms with van der Waals surface area (Å²) in [4.78, 5) is 12.7. The van der Waals surface area contributed by atoms with E-state index >= 15 is 0 Å². The molecule has 9 heteroatoms. The van der Waals surface area contributed by atoms with E-state index in [1.165, 1.54) is 22.7 Å². The minimum Gasteiger partial charge on any atom is -0.504 e. The number of fused-ring (bicyclic) bond motifs is 1. The minimum atomic E-state index is -3.64. The molecule has 0 saturated carbocycles. The Labute approximate surface area is 185 Å². The van der Waals surface area contributed by atoms with Gasteiger partial charge in [0, 0.05) is 19.0 Å². The summed E-state index contributed by atoms with van der Waals surface area (Å²) in [5.41, 5.74) is 2.97. The first-order valence-corrected chi connectivity index (χ1v) is 11.6. The summed E-state index contributed by atoms with van der Waals surface area (Å²) in [6.45, 7) is 0.506. The highest BCUT2D eigenvalue weighted by Crippen LogP contribution is 2.27. The fourth-order valence-electron chi connectivity index (χ4n) is 3.72.